The SMILES string of the molecule is N#Cc1ccc2nc(NN)[nH]c2c1. The number of nitrogen functional groups attached to an aromatic ring is 1. The second-order valence-corrected chi connectivity index (χ2v) is 2.57. The Balaban J connectivity index is 2.65. The van der Waals surface area contributed by atoms with Gasteiger partial charge in [-0.15, -0.1) is 0 Å². The number of benzene rings is 1. The fourth-order valence-corrected chi connectivity index (χ4v) is 1.15. The highest BCUT2D eigenvalue weighted by Crippen LogP contribution is 2.14. The number of hydrogen-bond acceptors (Lipinski definition) is 4. The van der Waals surface area contributed by atoms with Crippen molar-refractivity contribution in [3.05, 3.63) is 23.8 Å². The summed E-state index contributed by atoms with van der Waals surface area (Å²) in [6, 6.07) is 7.25. The molecule has 0 bridgehead atoms. The molecule has 0 unspecified atom stereocenters. The van der Waals surface area contributed by atoms with E-state index in [9.17, 15) is 0 Å². The first kappa shape index (κ1) is 7.58. The molecule has 0 aliphatic carbocycles. The van der Waals surface area contributed by atoms with Gasteiger partial charge in [-0.1, -0.05) is 0 Å². The predicted molar refractivity (Wildman–Crippen MR) is 48.6 cm³/mol. The third-order valence-corrected chi connectivity index (χ3v) is 1.75. The molecule has 1 aromatic heterocycles. The lowest BCUT2D eigenvalue weighted by Crippen LogP contribution is -2.07. The molecule has 0 atom stereocenters. The van der Waals surface area contributed by atoms with Crippen LogP contribution in [-0.2, 0) is 0 Å². The normalized spacial score (nSPS) is 9.85. The smallest absolute Gasteiger partial charge is 0.215 e. The molecule has 0 aliphatic rings. The number of hydrazine groups is 1. The second-order valence-electron chi connectivity index (χ2n) is 2.57. The van der Waals surface area contributed by atoms with Gasteiger partial charge in [0.2, 0.25) is 5.95 Å². The summed E-state index contributed by atoms with van der Waals surface area (Å²) in [6.07, 6.45) is 0. The molecule has 1 heterocycles. The van der Waals surface area contributed by atoms with Gasteiger partial charge in [-0.25, -0.2) is 10.8 Å². The molecule has 13 heavy (non-hydrogen) atoms. The summed E-state index contributed by atoms with van der Waals surface area (Å²) >= 11 is 0. The Kier molecular flexibility index (Phi) is 1.61. The molecular formula is C8H7N5. The van der Waals surface area contributed by atoms with Gasteiger partial charge in [0.15, 0.2) is 0 Å². The van der Waals surface area contributed by atoms with Crippen LogP contribution in [0.4, 0.5) is 5.95 Å². The molecule has 5 nitrogen and oxygen atoms in total. The summed E-state index contributed by atoms with van der Waals surface area (Å²) in [7, 11) is 0. The minimum atomic E-state index is 0.491. The lowest BCUT2D eigenvalue weighted by Gasteiger charge is -1.87. The molecule has 0 aliphatic heterocycles. The summed E-state index contributed by atoms with van der Waals surface area (Å²) in [5, 5.41) is 8.64. The Labute approximate surface area is 74.2 Å². The highest BCUT2D eigenvalue weighted by atomic mass is 15.3. The monoisotopic (exact) mass is 173 g/mol. The number of nitrogens with one attached hydrogen (secondary N) is 2. The number of nitrogens with zero attached hydrogens (tertiary/aromatic N) is 2. The second kappa shape index (κ2) is 2.77. The zero-order valence-electron chi connectivity index (χ0n) is 6.70. The average Bonchev–Trinajstić information content (AvgIpc) is 2.58. The maximum absolute atomic E-state index is 8.64. The number of aromatic nitrogens is 2. The van der Waals surface area contributed by atoms with E-state index in [1.54, 1.807) is 18.2 Å². The maximum Gasteiger partial charge on any atom is 0.215 e. The van der Waals surface area contributed by atoms with E-state index in [1.165, 1.54) is 0 Å². The van der Waals surface area contributed by atoms with Crippen molar-refractivity contribution in [2.45, 2.75) is 0 Å². The fraction of sp³-hybridized carbons (Fsp3) is 0. The highest BCUT2D eigenvalue weighted by molar-refractivity contribution is 5.78. The van der Waals surface area contributed by atoms with Crippen LogP contribution in [0.15, 0.2) is 18.2 Å². The lowest BCUT2D eigenvalue weighted by atomic mass is 10.2. The van der Waals surface area contributed by atoms with Gasteiger partial charge in [-0.05, 0) is 18.2 Å². The summed E-state index contributed by atoms with van der Waals surface area (Å²) in [5.41, 5.74) is 4.58. The van der Waals surface area contributed by atoms with E-state index >= 15 is 0 Å². The lowest BCUT2D eigenvalue weighted by molar-refractivity contribution is 1.21. The summed E-state index contributed by atoms with van der Waals surface area (Å²) < 4.78 is 0. The van der Waals surface area contributed by atoms with Crippen molar-refractivity contribution < 1.29 is 0 Å². The van der Waals surface area contributed by atoms with E-state index in [2.05, 4.69) is 15.4 Å². The van der Waals surface area contributed by atoms with Crippen LogP contribution in [0.2, 0.25) is 0 Å². The van der Waals surface area contributed by atoms with Gasteiger partial charge in [0, 0.05) is 0 Å². The van der Waals surface area contributed by atoms with Crippen molar-refractivity contribution in [3.8, 4) is 6.07 Å². The van der Waals surface area contributed by atoms with E-state index in [4.69, 9.17) is 11.1 Å². The molecule has 0 amide bonds. The number of hydrogen-bond donors (Lipinski definition) is 3. The molecule has 0 saturated heterocycles. The van der Waals surface area contributed by atoms with Crippen LogP contribution >= 0.6 is 0 Å². The quantitative estimate of drug-likeness (QED) is 0.437. The predicted octanol–water partition coefficient (Wildman–Crippen LogP) is 0.720. The van der Waals surface area contributed by atoms with Crippen LogP contribution in [0.1, 0.15) is 5.56 Å². The van der Waals surface area contributed by atoms with Gasteiger partial charge >= 0.3 is 0 Å². The van der Waals surface area contributed by atoms with E-state index in [0.717, 1.165) is 11.0 Å². The van der Waals surface area contributed by atoms with E-state index < -0.39 is 0 Å². The Hall–Kier alpha value is -2.06. The van der Waals surface area contributed by atoms with Gasteiger partial charge in [0.05, 0.1) is 22.7 Å². The topological polar surface area (TPSA) is 90.5 Å². The molecule has 1 aromatic carbocycles. The third-order valence-electron chi connectivity index (χ3n) is 1.75. The van der Waals surface area contributed by atoms with Crippen LogP contribution in [0, 0.1) is 11.3 Å². The van der Waals surface area contributed by atoms with E-state index in [0.29, 0.717) is 11.5 Å². The van der Waals surface area contributed by atoms with E-state index in [1.807, 2.05) is 6.07 Å². The Morgan fingerprint density at radius 2 is 2.38 bits per heavy atom. The summed E-state index contributed by atoms with van der Waals surface area (Å²) in [5.74, 6) is 5.67. The van der Waals surface area contributed by atoms with Crippen molar-refractivity contribution in [3.63, 3.8) is 0 Å². The Bertz CT molecular complexity index is 479. The first-order valence-electron chi connectivity index (χ1n) is 3.70. The van der Waals surface area contributed by atoms with Gasteiger partial charge in [-0.2, -0.15) is 5.26 Å². The third kappa shape index (κ3) is 1.19. The van der Waals surface area contributed by atoms with Gasteiger partial charge in [0.1, 0.15) is 0 Å². The van der Waals surface area contributed by atoms with E-state index in [-0.39, 0.29) is 0 Å². The van der Waals surface area contributed by atoms with Crippen LogP contribution in [0.5, 0.6) is 0 Å². The number of anilines is 1. The largest absolute Gasteiger partial charge is 0.323 e. The minimum absolute atomic E-state index is 0.491. The highest BCUT2D eigenvalue weighted by Gasteiger charge is 2.01. The summed E-state index contributed by atoms with van der Waals surface area (Å²) in [4.78, 5) is 7.03. The molecule has 0 radical (unpaired) electrons. The molecule has 0 spiro atoms. The first-order valence-corrected chi connectivity index (χ1v) is 3.70. The number of fused-ring (bicyclic) bond motifs is 1. The number of aromatic amines is 1. The Morgan fingerprint density at radius 1 is 1.54 bits per heavy atom. The number of rotatable bonds is 1. The first-order chi connectivity index (χ1) is 6.33. The molecule has 0 saturated carbocycles. The van der Waals surface area contributed by atoms with Crippen LogP contribution in [0.25, 0.3) is 11.0 Å². The number of H-pyrrole nitrogens is 1. The zero-order valence-corrected chi connectivity index (χ0v) is 6.70. The van der Waals surface area contributed by atoms with Crippen LogP contribution < -0.4 is 11.3 Å². The average molecular weight is 173 g/mol. The number of imidazole rings is 1. The van der Waals surface area contributed by atoms with Crippen molar-refractivity contribution in [1.82, 2.24) is 9.97 Å². The molecule has 5 heteroatoms. The van der Waals surface area contributed by atoms with Gasteiger partial charge < -0.3 is 4.98 Å². The van der Waals surface area contributed by atoms with Crippen molar-refractivity contribution in [1.29, 1.82) is 5.26 Å². The molecule has 64 valence electrons. The van der Waals surface area contributed by atoms with Crippen molar-refractivity contribution >= 4 is 17.0 Å². The standard InChI is InChI=1S/C8H7N5/c9-4-5-1-2-6-7(3-5)12-8(11-6)13-10/h1-3H,10H2,(H2,11,12,13). The van der Waals surface area contributed by atoms with Crippen LogP contribution in [-0.4, -0.2) is 9.97 Å². The molecular weight excluding hydrogens is 166 g/mol. The summed E-state index contributed by atoms with van der Waals surface area (Å²) in [6.45, 7) is 0. The van der Waals surface area contributed by atoms with Gasteiger partial charge in [-0.3, -0.25) is 5.43 Å². The zero-order chi connectivity index (χ0) is 9.26. The molecule has 0 fully saturated rings. The maximum atomic E-state index is 8.64. The molecule has 4 N–H and O–H groups in total. The molecule has 2 aromatic rings. The Morgan fingerprint density at radius 3 is 3.08 bits per heavy atom. The van der Waals surface area contributed by atoms with Crippen molar-refractivity contribution in [2.75, 3.05) is 5.43 Å². The molecule has 2 rings (SSSR count). The van der Waals surface area contributed by atoms with Crippen molar-refractivity contribution in [2.24, 2.45) is 5.84 Å². The number of nitriles is 1. The fourth-order valence-electron chi connectivity index (χ4n) is 1.15. The number of nitrogens with two attached hydrogens (primary N) is 1. The van der Waals surface area contributed by atoms with Crippen LogP contribution in [0.3, 0.4) is 0 Å². The van der Waals surface area contributed by atoms with Gasteiger partial charge in [0.25, 0.3) is 0 Å². The minimum Gasteiger partial charge on any atom is -0.323 e.